The number of carbonyl (C=O) groups excluding carboxylic acids is 2. The fourth-order valence-electron chi connectivity index (χ4n) is 3.28. The van der Waals surface area contributed by atoms with Crippen LogP contribution in [0.25, 0.3) is 17.0 Å². The summed E-state index contributed by atoms with van der Waals surface area (Å²) in [5.74, 6) is 0.440. The fourth-order valence-corrected chi connectivity index (χ4v) is 3.28. The van der Waals surface area contributed by atoms with Crippen molar-refractivity contribution in [1.82, 2.24) is 9.88 Å². The number of carbonyl (C=O) groups is 2. The summed E-state index contributed by atoms with van der Waals surface area (Å²) in [4.78, 5) is 28.4. The van der Waals surface area contributed by atoms with Crippen LogP contribution >= 0.6 is 0 Å². The average Bonchev–Trinajstić information content (AvgIpc) is 2.81. The number of imide groups is 1. The lowest BCUT2D eigenvalue weighted by Crippen LogP contribution is -2.41. The minimum absolute atomic E-state index is 0.243. The number of fused-ring (bicyclic) bond motifs is 1. The van der Waals surface area contributed by atoms with Crippen molar-refractivity contribution in [2.24, 2.45) is 10.7 Å². The second-order valence-electron chi connectivity index (χ2n) is 6.00. The normalized spacial score (nSPS) is 18.8. The number of rotatable bonds is 3. The van der Waals surface area contributed by atoms with Crippen molar-refractivity contribution >= 4 is 40.4 Å². The van der Waals surface area contributed by atoms with Gasteiger partial charge < -0.3 is 10.3 Å². The van der Waals surface area contributed by atoms with Crippen molar-refractivity contribution in [1.29, 1.82) is 0 Å². The summed E-state index contributed by atoms with van der Waals surface area (Å²) in [6.45, 7) is 7.61. The highest BCUT2D eigenvalue weighted by molar-refractivity contribution is 6.03. The Balaban J connectivity index is 2.35. The average molecular weight is 324 g/mol. The Morgan fingerprint density at radius 2 is 2.21 bits per heavy atom. The van der Waals surface area contributed by atoms with Gasteiger partial charge in [0.1, 0.15) is 11.9 Å². The Bertz CT molecular complexity index is 888. The molecule has 0 saturated carbocycles. The van der Waals surface area contributed by atoms with E-state index in [1.165, 1.54) is 0 Å². The Kier molecular flexibility index (Phi) is 3.97. The fraction of sp³-hybridized carbons (Fsp3) is 0.278. The van der Waals surface area contributed by atoms with Crippen LogP contribution in [-0.2, 0) is 9.59 Å². The molecular weight excluding hydrogens is 304 g/mol. The molecule has 1 aliphatic rings. The number of aliphatic imine (C=N–C) groups is 1. The third-order valence-corrected chi connectivity index (χ3v) is 4.26. The van der Waals surface area contributed by atoms with Gasteiger partial charge in [0, 0.05) is 17.4 Å². The van der Waals surface area contributed by atoms with Gasteiger partial charge in [-0.05, 0) is 31.9 Å². The van der Waals surface area contributed by atoms with E-state index >= 15 is 0 Å². The molecule has 1 atom stereocenters. The molecule has 3 rings (SSSR count). The first-order valence-electron chi connectivity index (χ1n) is 7.84. The summed E-state index contributed by atoms with van der Waals surface area (Å²) < 4.78 is 1.87. The van der Waals surface area contributed by atoms with Gasteiger partial charge in [0.15, 0.2) is 0 Å². The molecule has 1 fully saturated rings. The molecule has 0 radical (unpaired) electrons. The van der Waals surface area contributed by atoms with Crippen LogP contribution in [0.2, 0.25) is 0 Å². The molecule has 6 nitrogen and oxygen atoms in total. The first-order chi connectivity index (χ1) is 11.4. The number of nitrogens with two attached hydrogens (primary N) is 1. The summed E-state index contributed by atoms with van der Waals surface area (Å²) in [6.07, 6.45) is 2.47. The van der Waals surface area contributed by atoms with Gasteiger partial charge in [0.2, 0.25) is 11.8 Å². The molecular formula is C18H20N4O2. The third kappa shape index (κ3) is 2.50. The maximum atomic E-state index is 12.4. The Hall–Kier alpha value is -2.89. The van der Waals surface area contributed by atoms with Crippen molar-refractivity contribution in [3.63, 3.8) is 0 Å². The summed E-state index contributed by atoms with van der Waals surface area (Å²) in [5.41, 5.74) is 8.61. The number of aryl methyl sites for hydroxylation is 1. The largest absolute Gasteiger partial charge is 0.387 e. The first-order valence-corrected chi connectivity index (χ1v) is 7.84. The van der Waals surface area contributed by atoms with Crippen LogP contribution < -0.4 is 11.1 Å². The third-order valence-electron chi connectivity index (χ3n) is 4.26. The molecule has 1 unspecified atom stereocenters. The van der Waals surface area contributed by atoms with E-state index < -0.39 is 6.04 Å². The Morgan fingerprint density at radius 3 is 2.83 bits per heavy atom. The molecule has 1 aromatic carbocycles. The van der Waals surface area contributed by atoms with Crippen LogP contribution in [0.1, 0.15) is 36.9 Å². The molecule has 0 aliphatic carbocycles. The van der Waals surface area contributed by atoms with E-state index in [0.29, 0.717) is 24.5 Å². The maximum Gasteiger partial charge on any atom is 0.249 e. The van der Waals surface area contributed by atoms with Crippen LogP contribution in [-0.4, -0.2) is 22.2 Å². The van der Waals surface area contributed by atoms with E-state index in [9.17, 15) is 9.59 Å². The summed E-state index contributed by atoms with van der Waals surface area (Å²) in [5, 5.41) is 3.41. The van der Waals surface area contributed by atoms with Gasteiger partial charge in [-0.1, -0.05) is 24.8 Å². The quantitative estimate of drug-likeness (QED) is 0.516. The zero-order valence-corrected chi connectivity index (χ0v) is 13.8. The van der Waals surface area contributed by atoms with Crippen LogP contribution in [0.15, 0.2) is 29.8 Å². The zero-order valence-electron chi connectivity index (χ0n) is 13.8. The summed E-state index contributed by atoms with van der Waals surface area (Å²) in [6, 6.07) is 5.39. The van der Waals surface area contributed by atoms with E-state index in [0.717, 1.165) is 22.0 Å². The molecule has 1 aliphatic heterocycles. The minimum Gasteiger partial charge on any atom is -0.387 e. The lowest BCUT2D eigenvalue weighted by Gasteiger charge is -2.24. The number of nitrogens with zero attached hydrogens (tertiary/aromatic N) is 2. The van der Waals surface area contributed by atoms with Crippen molar-refractivity contribution in [2.75, 3.05) is 0 Å². The van der Waals surface area contributed by atoms with Crippen LogP contribution in [0.5, 0.6) is 0 Å². The van der Waals surface area contributed by atoms with E-state index in [2.05, 4.69) is 16.9 Å². The van der Waals surface area contributed by atoms with E-state index in [1.54, 1.807) is 13.0 Å². The van der Waals surface area contributed by atoms with Crippen molar-refractivity contribution in [3.05, 3.63) is 35.9 Å². The van der Waals surface area contributed by atoms with Crippen LogP contribution in [0, 0.1) is 6.92 Å². The van der Waals surface area contributed by atoms with Crippen molar-refractivity contribution < 1.29 is 9.59 Å². The number of nitrogens with one attached hydrogen (secondary N) is 1. The lowest BCUT2D eigenvalue weighted by atomic mass is 10.1. The molecule has 6 heteroatoms. The molecule has 0 bridgehead atoms. The molecule has 2 amide bonds. The smallest absolute Gasteiger partial charge is 0.249 e. The van der Waals surface area contributed by atoms with Gasteiger partial charge in [0.25, 0.3) is 0 Å². The second-order valence-corrected chi connectivity index (χ2v) is 6.00. The lowest BCUT2D eigenvalue weighted by molar-refractivity contribution is -0.135. The number of hydrogen-bond donors (Lipinski definition) is 2. The molecule has 0 spiro atoms. The standard InChI is InChI=1S/C18H20N4O2/c1-4-12-16-10(2)6-5-7-13(16)22(17(12)20-11(3)19)14-8-9-15(23)21-18(14)24/h4-7,14H,1,8-9H2,2-3H3,(H2,19,20)(H,21,23,24). The van der Waals surface area contributed by atoms with Crippen LogP contribution in [0.3, 0.4) is 0 Å². The molecule has 24 heavy (non-hydrogen) atoms. The maximum absolute atomic E-state index is 12.4. The first kappa shape index (κ1) is 16.0. The van der Waals surface area contributed by atoms with Crippen molar-refractivity contribution in [3.8, 4) is 0 Å². The van der Waals surface area contributed by atoms with Gasteiger partial charge in [-0.25, -0.2) is 4.99 Å². The molecule has 3 N–H and O–H groups in total. The Morgan fingerprint density at radius 1 is 1.46 bits per heavy atom. The highest BCUT2D eigenvalue weighted by Gasteiger charge is 2.32. The van der Waals surface area contributed by atoms with Crippen molar-refractivity contribution in [2.45, 2.75) is 32.7 Å². The number of amidine groups is 1. The molecule has 1 aromatic heterocycles. The summed E-state index contributed by atoms with van der Waals surface area (Å²) in [7, 11) is 0. The number of hydrogen-bond acceptors (Lipinski definition) is 3. The molecule has 1 saturated heterocycles. The topological polar surface area (TPSA) is 89.5 Å². The van der Waals surface area contributed by atoms with Crippen LogP contribution in [0.4, 0.5) is 5.82 Å². The van der Waals surface area contributed by atoms with Gasteiger partial charge in [0.05, 0.1) is 11.4 Å². The van der Waals surface area contributed by atoms with E-state index in [4.69, 9.17) is 5.73 Å². The predicted molar refractivity (Wildman–Crippen MR) is 95.1 cm³/mol. The molecule has 2 heterocycles. The van der Waals surface area contributed by atoms with Gasteiger partial charge in [-0.3, -0.25) is 14.9 Å². The van der Waals surface area contributed by atoms with Gasteiger partial charge in [-0.15, -0.1) is 0 Å². The molecule has 2 aromatic rings. The second kappa shape index (κ2) is 5.96. The SMILES string of the molecule is C=Cc1c(N=C(C)N)n(C2CCC(=O)NC2=O)c2cccc(C)c12. The van der Waals surface area contributed by atoms with Gasteiger partial charge >= 0.3 is 0 Å². The monoisotopic (exact) mass is 324 g/mol. The Labute approximate surface area is 140 Å². The summed E-state index contributed by atoms with van der Waals surface area (Å²) >= 11 is 0. The number of piperidine rings is 1. The van der Waals surface area contributed by atoms with Gasteiger partial charge in [-0.2, -0.15) is 0 Å². The van der Waals surface area contributed by atoms with E-state index in [-0.39, 0.29) is 11.8 Å². The number of amides is 2. The number of benzene rings is 1. The zero-order chi connectivity index (χ0) is 17.4. The number of aromatic nitrogens is 1. The molecule has 124 valence electrons. The highest BCUT2D eigenvalue weighted by Crippen LogP contribution is 2.39. The highest BCUT2D eigenvalue weighted by atomic mass is 16.2. The predicted octanol–water partition coefficient (Wildman–Crippen LogP) is 2.58. The minimum atomic E-state index is -0.501. The van der Waals surface area contributed by atoms with E-state index in [1.807, 2.05) is 29.7 Å².